The minimum atomic E-state index is -0.0858. The second-order valence-corrected chi connectivity index (χ2v) is 8.66. The third-order valence-corrected chi connectivity index (χ3v) is 5.44. The number of hydrogen-bond acceptors (Lipinski definition) is 6. The average Bonchev–Trinajstić information content (AvgIpc) is 2.97. The third kappa shape index (κ3) is 3.72. The van der Waals surface area contributed by atoms with Gasteiger partial charge in [0.15, 0.2) is 0 Å². The molecule has 3 aromatic rings. The molecule has 3 aromatic heterocycles. The van der Waals surface area contributed by atoms with E-state index in [4.69, 9.17) is 5.10 Å². The Hall–Kier alpha value is -2.87. The van der Waals surface area contributed by atoms with E-state index in [-0.39, 0.29) is 11.1 Å². The molecular formula is C21H27N7O. The van der Waals surface area contributed by atoms with Gasteiger partial charge in [0.25, 0.3) is 5.56 Å². The van der Waals surface area contributed by atoms with Crippen molar-refractivity contribution in [3.8, 4) is 11.4 Å². The number of nitrogens with zero attached hydrogens (tertiary/aromatic N) is 6. The van der Waals surface area contributed by atoms with E-state index in [0.29, 0.717) is 12.4 Å². The molecule has 1 aliphatic rings. The highest BCUT2D eigenvalue weighted by Crippen LogP contribution is 2.25. The van der Waals surface area contributed by atoms with Gasteiger partial charge in [0.2, 0.25) is 0 Å². The van der Waals surface area contributed by atoms with Gasteiger partial charge in [-0.15, -0.1) is 0 Å². The Labute approximate surface area is 170 Å². The summed E-state index contributed by atoms with van der Waals surface area (Å²) in [6.45, 7) is 12.9. The summed E-state index contributed by atoms with van der Waals surface area (Å²) in [5.41, 5.74) is 5.67. The Kier molecular flexibility index (Phi) is 4.82. The first-order chi connectivity index (χ1) is 13.7. The maximum Gasteiger partial charge on any atom is 0.255 e. The van der Waals surface area contributed by atoms with E-state index >= 15 is 0 Å². The van der Waals surface area contributed by atoms with Crippen molar-refractivity contribution in [1.29, 1.82) is 0 Å². The van der Waals surface area contributed by atoms with Crippen LogP contribution in [0.3, 0.4) is 0 Å². The van der Waals surface area contributed by atoms with E-state index in [0.717, 1.165) is 42.0 Å². The minimum Gasteiger partial charge on any atom is -0.306 e. The van der Waals surface area contributed by atoms with Crippen LogP contribution in [0.2, 0.25) is 0 Å². The number of rotatable bonds is 3. The van der Waals surface area contributed by atoms with Crippen LogP contribution in [0.4, 0.5) is 0 Å². The van der Waals surface area contributed by atoms with Crippen molar-refractivity contribution in [3.63, 3.8) is 0 Å². The van der Waals surface area contributed by atoms with Crippen molar-refractivity contribution in [2.45, 2.75) is 59.7 Å². The van der Waals surface area contributed by atoms with Gasteiger partial charge >= 0.3 is 0 Å². The summed E-state index contributed by atoms with van der Waals surface area (Å²) in [6, 6.07) is 0. The predicted molar refractivity (Wildman–Crippen MR) is 110 cm³/mol. The van der Waals surface area contributed by atoms with Crippen molar-refractivity contribution in [2.24, 2.45) is 0 Å². The summed E-state index contributed by atoms with van der Waals surface area (Å²) in [6.07, 6.45) is 5.52. The predicted octanol–water partition coefficient (Wildman–Crippen LogP) is 2.35. The molecule has 0 radical (unpaired) electrons. The molecule has 1 N–H and O–H groups in total. The van der Waals surface area contributed by atoms with Gasteiger partial charge in [0.05, 0.1) is 28.1 Å². The van der Waals surface area contributed by atoms with Crippen molar-refractivity contribution in [1.82, 2.24) is 34.6 Å². The molecule has 0 unspecified atom stereocenters. The van der Waals surface area contributed by atoms with Crippen LogP contribution in [-0.2, 0) is 25.0 Å². The molecule has 4 heterocycles. The molecule has 8 heteroatoms. The maximum atomic E-state index is 12.7. The molecule has 0 saturated carbocycles. The van der Waals surface area contributed by atoms with Gasteiger partial charge in [0.1, 0.15) is 12.2 Å². The summed E-state index contributed by atoms with van der Waals surface area (Å²) >= 11 is 0. The quantitative estimate of drug-likeness (QED) is 0.734. The Bertz CT molecular complexity index is 1090. The Morgan fingerprint density at radius 3 is 2.55 bits per heavy atom. The number of hydrogen-bond donors (Lipinski definition) is 1. The van der Waals surface area contributed by atoms with Crippen LogP contribution in [0.1, 0.15) is 49.0 Å². The fourth-order valence-corrected chi connectivity index (χ4v) is 3.95. The molecule has 0 fully saturated rings. The zero-order valence-corrected chi connectivity index (χ0v) is 17.7. The van der Waals surface area contributed by atoms with Gasteiger partial charge < -0.3 is 4.98 Å². The smallest absolute Gasteiger partial charge is 0.255 e. The van der Waals surface area contributed by atoms with Crippen molar-refractivity contribution in [2.75, 3.05) is 6.54 Å². The lowest BCUT2D eigenvalue weighted by Crippen LogP contribution is -2.35. The van der Waals surface area contributed by atoms with Crippen LogP contribution < -0.4 is 5.56 Å². The molecule has 1 aliphatic heterocycles. The van der Waals surface area contributed by atoms with E-state index in [2.05, 4.69) is 64.1 Å². The number of fused-ring (bicyclic) bond motifs is 1. The highest BCUT2D eigenvalue weighted by atomic mass is 16.1. The maximum absolute atomic E-state index is 12.7. The van der Waals surface area contributed by atoms with Gasteiger partial charge in [-0.3, -0.25) is 14.4 Å². The van der Waals surface area contributed by atoms with Crippen molar-refractivity contribution < 1.29 is 0 Å². The van der Waals surface area contributed by atoms with E-state index in [1.54, 1.807) is 12.4 Å². The van der Waals surface area contributed by atoms with Crippen LogP contribution in [0.15, 0.2) is 23.5 Å². The van der Waals surface area contributed by atoms with Crippen LogP contribution in [0.25, 0.3) is 11.4 Å². The lowest BCUT2D eigenvalue weighted by Gasteiger charge is -2.28. The second-order valence-electron chi connectivity index (χ2n) is 8.66. The second kappa shape index (κ2) is 7.18. The molecule has 29 heavy (non-hydrogen) atoms. The third-order valence-electron chi connectivity index (χ3n) is 5.44. The minimum absolute atomic E-state index is 0.0553. The number of nitrogens with one attached hydrogen (secondary N) is 1. The fraction of sp³-hybridized carbons (Fsp3) is 0.476. The SMILES string of the molecule is Cc1nn(C(C)(C)C)c(C)c1CN1CCc2nc(-c3cncnc3)[nH]c(=O)c2C1. The first kappa shape index (κ1) is 19.4. The Morgan fingerprint density at radius 1 is 1.17 bits per heavy atom. The summed E-state index contributed by atoms with van der Waals surface area (Å²) in [7, 11) is 0. The van der Waals surface area contributed by atoms with Crippen LogP contribution in [-0.4, -0.2) is 41.2 Å². The van der Waals surface area contributed by atoms with Crippen molar-refractivity contribution in [3.05, 3.63) is 57.3 Å². The highest BCUT2D eigenvalue weighted by molar-refractivity contribution is 5.52. The normalized spacial score (nSPS) is 14.8. The van der Waals surface area contributed by atoms with E-state index in [9.17, 15) is 4.79 Å². The zero-order chi connectivity index (χ0) is 20.8. The summed E-state index contributed by atoms with van der Waals surface area (Å²) in [4.78, 5) is 30.6. The van der Waals surface area contributed by atoms with Crippen molar-refractivity contribution >= 4 is 0 Å². The highest BCUT2D eigenvalue weighted by Gasteiger charge is 2.25. The molecule has 0 saturated heterocycles. The van der Waals surface area contributed by atoms with Gasteiger partial charge in [0, 0.05) is 49.7 Å². The topological polar surface area (TPSA) is 92.6 Å². The monoisotopic (exact) mass is 393 g/mol. The zero-order valence-electron chi connectivity index (χ0n) is 17.7. The average molecular weight is 393 g/mol. The first-order valence-corrected chi connectivity index (χ1v) is 9.89. The van der Waals surface area contributed by atoms with Gasteiger partial charge in [-0.05, 0) is 34.6 Å². The van der Waals surface area contributed by atoms with E-state index in [1.807, 2.05) is 0 Å². The van der Waals surface area contributed by atoms with Crippen LogP contribution in [0.5, 0.6) is 0 Å². The fourth-order valence-electron chi connectivity index (χ4n) is 3.95. The standard InChI is InChI=1S/C21H27N7O/c1-13-16(14(2)28(26-13)21(3,4)5)10-27-7-6-18-17(11-27)20(29)25-19(24-18)15-8-22-12-23-9-15/h8-9,12H,6-7,10-11H2,1-5H3,(H,24,25,29). The number of aryl methyl sites for hydroxylation is 1. The molecular weight excluding hydrogens is 366 g/mol. The number of H-pyrrole nitrogens is 1. The Morgan fingerprint density at radius 2 is 1.90 bits per heavy atom. The molecule has 0 spiro atoms. The van der Waals surface area contributed by atoms with Crippen LogP contribution >= 0.6 is 0 Å². The molecule has 0 aromatic carbocycles. The van der Waals surface area contributed by atoms with Gasteiger partial charge in [-0.2, -0.15) is 5.10 Å². The Balaban J connectivity index is 1.59. The van der Waals surface area contributed by atoms with E-state index < -0.39 is 0 Å². The lowest BCUT2D eigenvalue weighted by atomic mass is 10.0. The molecule has 8 nitrogen and oxygen atoms in total. The lowest BCUT2D eigenvalue weighted by molar-refractivity contribution is 0.240. The van der Waals surface area contributed by atoms with Crippen LogP contribution in [0, 0.1) is 13.8 Å². The molecule has 0 amide bonds. The van der Waals surface area contributed by atoms with Gasteiger partial charge in [-0.25, -0.2) is 15.0 Å². The summed E-state index contributed by atoms with van der Waals surface area (Å²) in [5.74, 6) is 0.529. The molecule has 0 atom stereocenters. The van der Waals surface area contributed by atoms with E-state index in [1.165, 1.54) is 17.6 Å². The summed E-state index contributed by atoms with van der Waals surface area (Å²) < 4.78 is 2.10. The summed E-state index contributed by atoms with van der Waals surface area (Å²) in [5, 5.41) is 4.75. The first-order valence-electron chi connectivity index (χ1n) is 9.89. The number of aromatic amines is 1. The largest absolute Gasteiger partial charge is 0.306 e. The molecule has 0 aliphatic carbocycles. The van der Waals surface area contributed by atoms with Gasteiger partial charge in [-0.1, -0.05) is 0 Å². The molecule has 0 bridgehead atoms. The molecule has 4 rings (SSSR count). The number of aromatic nitrogens is 6. The molecule has 152 valence electrons.